The number of carbonyl (C=O) groups excluding carboxylic acids is 3. The van der Waals surface area contributed by atoms with Crippen LogP contribution < -0.4 is 11.1 Å². The predicted octanol–water partition coefficient (Wildman–Crippen LogP) is 3.52. The molecule has 130 valence electrons. The topological polar surface area (TPSA) is 89.3 Å². The Morgan fingerprint density at radius 1 is 1.00 bits per heavy atom. The van der Waals surface area contributed by atoms with E-state index in [1.807, 2.05) is 6.07 Å². The Kier molecular flexibility index (Phi) is 7.03. The smallest absolute Gasteiger partial charge is 0.227 e. The molecule has 0 spiro atoms. The summed E-state index contributed by atoms with van der Waals surface area (Å²) < 4.78 is 0. The lowest BCUT2D eigenvalue weighted by atomic mass is 10.1. The average molecular weight is 377 g/mol. The summed E-state index contributed by atoms with van der Waals surface area (Å²) in [6, 6.07) is 13.7. The van der Waals surface area contributed by atoms with Gasteiger partial charge >= 0.3 is 0 Å². The van der Waals surface area contributed by atoms with Crippen LogP contribution in [-0.2, 0) is 9.59 Å². The van der Waals surface area contributed by atoms with Gasteiger partial charge in [0.2, 0.25) is 11.8 Å². The van der Waals surface area contributed by atoms with Gasteiger partial charge in [-0.05, 0) is 36.4 Å². The quantitative estimate of drug-likeness (QED) is 0.545. The van der Waals surface area contributed by atoms with Gasteiger partial charge in [-0.15, -0.1) is 11.8 Å². The Hall–Kier alpha value is -2.31. The lowest BCUT2D eigenvalue weighted by Crippen LogP contribution is -2.15. The summed E-state index contributed by atoms with van der Waals surface area (Å²) in [6.07, 6.45) is 0.167. The van der Waals surface area contributed by atoms with Crippen molar-refractivity contribution in [2.45, 2.75) is 17.7 Å². The third kappa shape index (κ3) is 6.25. The van der Waals surface area contributed by atoms with Gasteiger partial charge in [0.15, 0.2) is 5.78 Å². The molecule has 2 aromatic carbocycles. The van der Waals surface area contributed by atoms with Crippen molar-refractivity contribution in [2.75, 3.05) is 11.1 Å². The molecule has 0 fully saturated rings. The summed E-state index contributed by atoms with van der Waals surface area (Å²) >= 11 is 7.04. The second kappa shape index (κ2) is 9.25. The summed E-state index contributed by atoms with van der Waals surface area (Å²) in [5, 5.41) is 3.32. The maximum absolute atomic E-state index is 12.1. The Balaban J connectivity index is 1.91. The Morgan fingerprint density at radius 3 is 2.36 bits per heavy atom. The molecule has 2 aromatic rings. The third-order valence-electron chi connectivity index (χ3n) is 3.28. The number of amides is 2. The summed E-state index contributed by atoms with van der Waals surface area (Å²) in [5.74, 6) is -0.695. The van der Waals surface area contributed by atoms with Crippen LogP contribution in [0.25, 0.3) is 0 Å². The minimum Gasteiger partial charge on any atom is -0.369 e. The van der Waals surface area contributed by atoms with E-state index in [0.717, 1.165) is 4.90 Å². The second-order valence-electron chi connectivity index (χ2n) is 5.23. The number of para-hydroxylation sites is 1. The first kappa shape index (κ1) is 19.0. The van der Waals surface area contributed by atoms with Gasteiger partial charge < -0.3 is 11.1 Å². The number of primary amides is 1. The second-order valence-corrected chi connectivity index (χ2v) is 6.68. The van der Waals surface area contributed by atoms with Crippen molar-refractivity contribution in [3.8, 4) is 0 Å². The van der Waals surface area contributed by atoms with Gasteiger partial charge in [-0.3, -0.25) is 14.4 Å². The van der Waals surface area contributed by atoms with E-state index in [1.165, 1.54) is 11.8 Å². The monoisotopic (exact) mass is 376 g/mol. The molecule has 0 saturated carbocycles. The summed E-state index contributed by atoms with van der Waals surface area (Å²) in [4.78, 5) is 35.8. The van der Waals surface area contributed by atoms with E-state index in [-0.39, 0.29) is 30.3 Å². The maximum atomic E-state index is 12.1. The van der Waals surface area contributed by atoms with Crippen molar-refractivity contribution in [2.24, 2.45) is 5.73 Å². The lowest BCUT2D eigenvalue weighted by Gasteiger charge is -2.10. The molecule has 0 bridgehead atoms. The van der Waals surface area contributed by atoms with E-state index in [2.05, 4.69) is 5.32 Å². The molecule has 5 nitrogen and oxygen atoms in total. The number of halogens is 1. The molecular formula is C18H17ClN2O3S. The van der Waals surface area contributed by atoms with E-state index >= 15 is 0 Å². The van der Waals surface area contributed by atoms with Crippen LogP contribution in [-0.4, -0.2) is 23.4 Å². The number of Topliss-reactive ketones (excluding diaryl/α,β-unsaturated/α-hetero) is 1. The molecule has 0 unspecified atom stereocenters. The third-order valence-corrected chi connectivity index (χ3v) is 4.62. The molecular weight excluding hydrogens is 360 g/mol. The zero-order valence-electron chi connectivity index (χ0n) is 13.3. The molecule has 25 heavy (non-hydrogen) atoms. The molecule has 0 atom stereocenters. The van der Waals surface area contributed by atoms with Gasteiger partial charge in [0, 0.05) is 28.3 Å². The fraction of sp³-hybridized carbons (Fsp3) is 0.167. The first-order chi connectivity index (χ1) is 12.0. The minimum absolute atomic E-state index is 0.0658. The fourth-order valence-corrected chi connectivity index (χ4v) is 2.94. The first-order valence-corrected chi connectivity index (χ1v) is 8.91. The standard InChI is InChI=1S/C18H17ClN2O3S/c19-13-7-5-12(6-8-13)15(22)9-10-18(24)21-14-3-1-2-4-16(14)25-11-17(20)23/h1-8H,9-11H2,(H2,20,23)(H,21,24). The molecule has 0 aliphatic carbocycles. The molecule has 0 radical (unpaired) electrons. The Bertz CT molecular complexity index is 778. The van der Waals surface area contributed by atoms with Gasteiger partial charge in [0.1, 0.15) is 0 Å². The van der Waals surface area contributed by atoms with Crippen molar-refractivity contribution in [1.82, 2.24) is 0 Å². The lowest BCUT2D eigenvalue weighted by molar-refractivity contribution is -0.116. The number of hydrogen-bond donors (Lipinski definition) is 2. The van der Waals surface area contributed by atoms with E-state index in [4.69, 9.17) is 17.3 Å². The summed E-state index contributed by atoms with van der Waals surface area (Å²) in [5.41, 5.74) is 6.26. The van der Waals surface area contributed by atoms with Gasteiger partial charge in [-0.2, -0.15) is 0 Å². The van der Waals surface area contributed by atoms with Crippen molar-refractivity contribution in [3.05, 3.63) is 59.1 Å². The molecule has 2 rings (SSSR count). The summed E-state index contributed by atoms with van der Waals surface area (Å²) in [6.45, 7) is 0. The van der Waals surface area contributed by atoms with Crippen LogP contribution in [0.4, 0.5) is 5.69 Å². The Morgan fingerprint density at radius 2 is 1.68 bits per heavy atom. The van der Waals surface area contributed by atoms with Crippen molar-refractivity contribution < 1.29 is 14.4 Å². The molecule has 2 amide bonds. The number of ketones is 1. The highest BCUT2D eigenvalue weighted by atomic mass is 35.5. The van der Waals surface area contributed by atoms with Crippen LogP contribution in [0.2, 0.25) is 5.02 Å². The van der Waals surface area contributed by atoms with E-state index in [1.54, 1.807) is 42.5 Å². The minimum atomic E-state index is -0.431. The van der Waals surface area contributed by atoms with E-state index in [0.29, 0.717) is 16.3 Å². The number of thioether (sulfide) groups is 1. The zero-order valence-corrected chi connectivity index (χ0v) is 14.9. The average Bonchev–Trinajstić information content (AvgIpc) is 2.59. The molecule has 0 saturated heterocycles. The number of anilines is 1. The molecule has 0 aliphatic rings. The van der Waals surface area contributed by atoms with Crippen LogP contribution in [0.3, 0.4) is 0 Å². The number of hydrogen-bond acceptors (Lipinski definition) is 4. The SMILES string of the molecule is NC(=O)CSc1ccccc1NC(=O)CCC(=O)c1ccc(Cl)cc1. The van der Waals surface area contributed by atoms with Crippen LogP contribution in [0.15, 0.2) is 53.4 Å². The van der Waals surface area contributed by atoms with Crippen LogP contribution in [0.5, 0.6) is 0 Å². The zero-order chi connectivity index (χ0) is 18.2. The normalized spacial score (nSPS) is 10.3. The number of rotatable bonds is 8. The fourth-order valence-electron chi connectivity index (χ4n) is 2.06. The number of nitrogens with two attached hydrogens (primary N) is 1. The molecule has 7 heteroatoms. The highest BCUT2D eigenvalue weighted by Crippen LogP contribution is 2.26. The van der Waals surface area contributed by atoms with Crippen molar-refractivity contribution in [3.63, 3.8) is 0 Å². The van der Waals surface area contributed by atoms with Crippen LogP contribution in [0, 0.1) is 0 Å². The largest absolute Gasteiger partial charge is 0.369 e. The predicted molar refractivity (Wildman–Crippen MR) is 100 cm³/mol. The van der Waals surface area contributed by atoms with Crippen LogP contribution >= 0.6 is 23.4 Å². The Labute approximate surface area is 154 Å². The van der Waals surface area contributed by atoms with Crippen LogP contribution in [0.1, 0.15) is 23.2 Å². The van der Waals surface area contributed by atoms with Gasteiger partial charge in [0.25, 0.3) is 0 Å². The highest BCUT2D eigenvalue weighted by molar-refractivity contribution is 8.00. The molecule has 0 aliphatic heterocycles. The van der Waals surface area contributed by atoms with E-state index in [9.17, 15) is 14.4 Å². The number of carbonyl (C=O) groups is 3. The molecule has 0 aromatic heterocycles. The van der Waals surface area contributed by atoms with Gasteiger partial charge in [0.05, 0.1) is 11.4 Å². The van der Waals surface area contributed by atoms with Gasteiger partial charge in [-0.25, -0.2) is 0 Å². The molecule has 0 heterocycles. The maximum Gasteiger partial charge on any atom is 0.227 e. The highest BCUT2D eigenvalue weighted by Gasteiger charge is 2.11. The summed E-state index contributed by atoms with van der Waals surface area (Å²) in [7, 11) is 0. The number of benzene rings is 2. The van der Waals surface area contributed by atoms with Crippen molar-refractivity contribution >= 4 is 46.6 Å². The first-order valence-electron chi connectivity index (χ1n) is 7.54. The van der Waals surface area contributed by atoms with Gasteiger partial charge in [-0.1, -0.05) is 23.7 Å². The number of nitrogens with one attached hydrogen (secondary N) is 1. The molecule has 3 N–H and O–H groups in total. The van der Waals surface area contributed by atoms with E-state index < -0.39 is 5.91 Å². The van der Waals surface area contributed by atoms with Crippen molar-refractivity contribution in [1.29, 1.82) is 0 Å².